The summed E-state index contributed by atoms with van der Waals surface area (Å²) in [5.41, 5.74) is 0.767. The number of halogens is 2. The molecule has 0 spiro atoms. The largest absolute Gasteiger partial charge is 0.394 e. The second-order valence-corrected chi connectivity index (χ2v) is 4.74. The summed E-state index contributed by atoms with van der Waals surface area (Å²) in [7, 11) is 0. The van der Waals surface area contributed by atoms with Gasteiger partial charge in [-0.3, -0.25) is 0 Å². The van der Waals surface area contributed by atoms with Crippen LogP contribution < -0.4 is 5.32 Å². The molecule has 2 N–H and O–H groups in total. The van der Waals surface area contributed by atoms with E-state index in [1.807, 2.05) is 13.0 Å². The Morgan fingerprint density at radius 2 is 2.19 bits per heavy atom. The van der Waals surface area contributed by atoms with E-state index in [0.29, 0.717) is 10.5 Å². The lowest BCUT2D eigenvalue weighted by molar-refractivity contribution is 0.234. The van der Waals surface area contributed by atoms with Gasteiger partial charge in [-0.15, -0.1) is 0 Å². The van der Waals surface area contributed by atoms with Gasteiger partial charge in [0.15, 0.2) is 0 Å². The Morgan fingerprint density at radius 1 is 1.50 bits per heavy atom. The zero-order chi connectivity index (χ0) is 12.1. The van der Waals surface area contributed by atoms with Crippen LogP contribution in [-0.2, 0) is 0 Å². The molecule has 16 heavy (non-hydrogen) atoms. The lowest BCUT2D eigenvalue weighted by Gasteiger charge is -2.21. The van der Waals surface area contributed by atoms with Gasteiger partial charge in [0, 0.05) is 6.04 Å². The van der Waals surface area contributed by atoms with E-state index in [-0.39, 0.29) is 18.5 Å². The van der Waals surface area contributed by atoms with E-state index >= 15 is 0 Å². The summed E-state index contributed by atoms with van der Waals surface area (Å²) in [6.45, 7) is 4.07. The SMILES string of the molecule is CCC(C)NC(CO)c1ccc(Br)c(F)c1. The molecular formula is C12H17BrFNO. The Kier molecular flexibility index (Phi) is 5.38. The van der Waals surface area contributed by atoms with Crippen LogP contribution in [0.5, 0.6) is 0 Å². The van der Waals surface area contributed by atoms with Gasteiger partial charge in [-0.2, -0.15) is 0 Å². The van der Waals surface area contributed by atoms with Crippen LogP contribution in [0, 0.1) is 5.82 Å². The van der Waals surface area contributed by atoms with Crippen LogP contribution in [0.3, 0.4) is 0 Å². The van der Waals surface area contributed by atoms with Crippen molar-refractivity contribution in [1.29, 1.82) is 0 Å². The fourth-order valence-corrected chi connectivity index (χ4v) is 1.69. The first-order valence-electron chi connectivity index (χ1n) is 5.40. The van der Waals surface area contributed by atoms with Crippen LogP contribution in [0.15, 0.2) is 22.7 Å². The molecule has 0 aliphatic rings. The average Bonchev–Trinajstić information content (AvgIpc) is 2.29. The standard InChI is InChI=1S/C12H17BrFNO/c1-3-8(2)15-12(7-16)9-4-5-10(13)11(14)6-9/h4-6,8,12,15-16H,3,7H2,1-2H3. The van der Waals surface area contributed by atoms with Crippen molar-refractivity contribution < 1.29 is 9.50 Å². The fourth-order valence-electron chi connectivity index (χ4n) is 1.44. The Morgan fingerprint density at radius 3 is 2.69 bits per heavy atom. The van der Waals surface area contributed by atoms with Crippen molar-refractivity contribution in [2.45, 2.75) is 32.4 Å². The van der Waals surface area contributed by atoms with E-state index in [2.05, 4.69) is 28.2 Å². The molecule has 2 nitrogen and oxygen atoms in total. The van der Waals surface area contributed by atoms with Crippen molar-refractivity contribution in [2.75, 3.05) is 6.61 Å². The molecule has 0 bridgehead atoms. The zero-order valence-corrected chi connectivity index (χ0v) is 11.1. The third-order valence-corrected chi connectivity index (χ3v) is 3.27. The molecule has 0 fully saturated rings. The van der Waals surface area contributed by atoms with Crippen LogP contribution in [0.2, 0.25) is 0 Å². The highest BCUT2D eigenvalue weighted by Gasteiger charge is 2.13. The van der Waals surface area contributed by atoms with Crippen molar-refractivity contribution in [1.82, 2.24) is 5.32 Å². The van der Waals surface area contributed by atoms with E-state index in [1.54, 1.807) is 6.07 Å². The number of nitrogens with one attached hydrogen (secondary N) is 1. The molecule has 0 aromatic heterocycles. The van der Waals surface area contributed by atoms with Gasteiger partial charge in [0.05, 0.1) is 17.1 Å². The van der Waals surface area contributed by atoms with Crippen LogP contribution in [0.4, 0.5) is 4.39 Å². The van der Waals surface area contributed by atoms with Gasteiger partial charge < -0.3 is 10.4 Å². The molecule has 0 saturated carbocycles. The van der Waals surface area contributed by atoms with E-state index < -0.39 is 0 Å². The fraction of sp³-hybridized carbons (Fsp3) is 0.500. The Bertz CT molecular complexity index is 346. The van der Waals surface area contributed by atoms with Crippen LogP contribution >= 0.6 is 15.9 Å². The van der Waals surface area contributed by atoms with E-state index in [0.717, 1.165) is 12.0 Å². The third-order valence-electron chi connectivity index (χ3n) is 2.63. The van der Waals surface area contributed by atoms with Gasteiger partial charge >= 0.3 is 0 Å². The highest BCUT2D eigenvalue weighted by atomic mass is 79.9. The quantitative estimate of drug-likeness (QED) is 0.873. The molecule has 1 rings (SSSR count). The summed E-state index contributed by atoms with van der Waals surface area (Å²) in [6.07, 6.45) is 0.968. The highest BCUT2D eigenvalue weighted by molar-refractivity contribution is 9.10. The monoisotopic (exact) mass is 289 g/mol. The van der Waals surface area contributed by atoms with Crippen molar-refractivity contribution >= 4 is 15.9 Å². The number of rotatable bonds is 5. The minimum atomic E-state index is -0.304. The van der Waals surface area contributed by atoms with Gasteiger partial charge in [0.25, 0.3) is 0 Å². The van der Waals surface area contributed by atoms with Gasteiger partial charge in [-0.25, -0.2) is 4.39 Å². The van der Waals surface area contributed by atoms with Gasteiger partial charge in [0.2, 0.25) is 0 Å². The lowest BCUT2D eigenvalue weighted by Crippen LogP contribution is -2.32. The lowest BCUT2D eigenvalue weighted by atomic mass is 10.1. The van der Waals surface area contributed by atoms with E-state index in [4.69, 9.17) is 0 Å². The Hall–Kier alpha value is -0.450. The maximum absolute atomic E-state index is 13.3. The van der Waals surface area contributed by atoms with Crippen LogP contribution in [0.1, 0.15) is 31.9 Å². The summed E-state index contributed by atoms with van der Waals surface area (Å²) >= 11 is 3.11. The molecule has 0 aliphatic carbocycles. The number of hydrogen-bond donors (Lipinski definition) is 2. The molecule has 1 aromatic rings. The maximum atomic E-state index is 13.3. The molecule has 0 saturated heterocycles. The van der Waals surface area contributed by atoms with Crippen LogP contribution in [0.25, 0.3) is 0 Å². The molecule has 1 aromatic carbocycles. The number of benzene rings is 1. The first kappa shape index (κ1) is 13.6. The summed E-state index contributed by atoms with van der Waals surface area (Å²) in [5, 5.41) is 12.5. The van der Waals surface area contributed by atoms with Gasteiger partial charge in [-0.1, -0.05) is 13.0 Å². The first-order valence-corrected chi connectivity index (χ1v) is 6.19. The molecule has 0 radical (unpaired) electrons. The van der Waals surface area contributed by atoms with Gasteiger partial charge in [-0.05, 0) is 47.0 Å². The second kappa shape index (κ2) is 6.33. The number of aliphatic hydroxyl groups is 1. The third kappa shape index (κ3) is 3.54. The molecular weight excluding hydrogens is 273 g/mol. The Labute approximate surface area is 104 Å². The summed E-state index contributed by atoms with van der Waals surface area (Å²) < 4.78 is 13.8. The summed E-state index contributed by atoms with van der Waals surface area (Å²) in [4.78, 5) is 0. The molecule has 0 amide bonds. The normalized spacial score (nSPS) is 14.8. The first-order chi connectivity index (χ1) is 7.58. The van der Waals surface area contributed by atoms with E-state index in [1.165, 1.54) is 6.07 Å². The Balaban J connectivity index is 2.82. The van der Waals surface area contributed by atoms with Crippen molar-refractivity contribution in [2.24, 2.45) is 0 Å². The predicted octanol–water partition coefficient (Wildman–Crippen LogP) is 3.01. The van der Waals surface area contributed by atoms with Crippen LogP contribution in [-0.4, -0.2) is 17.8 Å². The minimum absolute atomic E-state index is 0.0363. The molecule has 4 heteroatoms. The van der Waals surface area contributed by atoms with Gasteiger partial charge in [0.1, 0.15) is 5.82 Å². The molecule has 2 unspecified atom stereocenters. The van der Waals surface area contributed by atoms with Crippen molar-refractivity contribution in [3.8, 4) is 0 Å². The maximum Gasteiger partial charge on any atom is 0.137 e. The number of hydrogen-bond acceptors (Lipinski definition) is 2. The summed E-state index contributed by atoms with van der Waals surface area (Å²) in [6, 6.07) is 5.00. The minimum Gasteiger partial charge on any atom is -0.394 e. The zero-order valence-electron chi connectivity index (χ0n) is 9.50. The number of aliphatic hydroxyl groups excluding tert-OH is 1. The average molecular weight is 290 g/mol. The molecule has 0 aliphatic heterocycles. The predicted molar refractivity (Wildman–Crippen MR) is 66.8 cm³/mol. The van der Waals surface area contributed by atoms with Crippen molar-refractivity contribution in [3.63, 3.8) is 0 Å². The topological polar surface area (TPSA) is 32.3 Å². The molecule has 2 atom stereocenters. The second-order valence-electron chi connectivity index (χ2n) is 3.88. The highest BCUT2D eigenvalue weighted by Crippen LogP contribution is 2.21. The molecule has 90 valence electrons. The molecule has 0 heterocycles. The summed E-state index contributed by atoms with van der Waals surface area (Å²) in [5.74, 6) is -0.304. The van der Waals surface area contributed by atoms with E-state index in [9.17, 15) is 9.50 Å². The van der Waals surface area contributed by atoms with Crippen molar-refractivity contribution in [3.05, 3.63) is 34.1 Å². The smallest absolute Gasteiger partial charge is 0.137 e.